The van der Waals surface area contributed by atoms with E-state index in [1.165, 1.54) is 12.1 Å². The average Bonchev–Trinajstić information content (AvgIpc) is 2.38. The molecular formula is C13H20BrNO3S. The van der Waals surface area contributed by atoms with Gasteiger partial charge in [-0.3, -0.25) is 0 Å². The highest BCUT2D eigenvalue weighted by atomic mass is 79.9. The predicted octanol–water partition coefficient (Wildman–Crippen LogP) is 2.52. The van der Waals surface area contributed by atoms with Gasteiger partial charge in [0.1, 0.15) is 0 Å². The molecule has 0 aliphatic rings. The summed E-state index contributed by atoms with van der Waals surface area (Å²) in [6.45, 7) is 4.02. The molecule has 0 aliphatic heterocycles. The Morgan fingerprint density at radius 2 is 1.74 bits per heavy atom. The van der Waals surface area contributed by atoms with Gasteiger partial charge in [0, 0.05) is 11.0 Å². The van der Waals surface area contributed by atoms with Gasteiger partial charge in [-0.05, 0) is 30.2 Å². The van der Waals surface area contributed by atoms with Crippen molar-refractivity contribution in [1.82, 2.24) is 4.72 Å². The van der Waals surface area contributed by atoms with Crippen LogP contribution in [-0.2, 0) is 10.0 Å². The molecule has 0 radical (unpaired) electrons. The van der Waals surface area contributed by atoms with Gasteiger partial charge in [-0.1, -0.05) is 42.6 Å². The number of benzene rings is 1. The number of hydrogen-bond acceptors (Lipinski definition) is 3. The summed E-state index contributed by atoms with van der Waals surface area (Å²) in [7, 11) is -3.55. The summed E-state index contributed by atoms with van der Waals surface area (Å²) in [4.78, 5) is 0.201. The van der Waals surface area contributed by atoms with E-state index in [4.69, 9.17) is 0 Å². The van der Waals surface area contributed by atoms with Gasteiger partial charge in [0.2, 0.25) is 10.0 Å². The molecule has 0 saturated heterocycles. The molecule has 0 spiro atoms. The molecule has 1 rings (SSSR count). The molecule has 1 aromatic rings. The molecule has 0 aliphatic carbocycles. The Labute approximate surface area is 123 Å². The standard InChI is InChI=1S/C13H20BrNO3S/c1-3-10(4-2)13(16)9-15-19(17,18)12-7-5-11(14)6-8-12/h5-8,10,13,15-16H,3-4,9H2,1-2H3. The molecule has 0 aromatic heterocycles. The van der Waals surface area contributed by atoms with Crippen LogP contribution >= 0.6 is 15.9 Å². The number of sulfonamides is 1. The van der Waals surface area contributed by atoms with Crippen LogP contribution in [0, 0.1) is 5.92 Å². The molecule has 0 fully saturated rings. The fraction of sp³-hybridized carbons (Fsp3) is 0.538. The van der Waals surface area contributed by atoms with Crippen LogP contribution in [0.1, 0.15) is 26.7 Å². The molecule has 1 aromatic carbocycles. The SMILES string of the molecule is CCC(CC)C(O)CNS(=O)(=O)c1ccc(Br)cc1. The minimum absolute atomic E-state index is 0.0464. The van der Waals surface area contributed by atoms with Gasteiger partial charge in [0.05, 0.1) is 11.0 Å². The summed E-state index contributed by atoms with van der Waals surface area (Å²) in [5, 5.41) is 9.93. The first-order valence-electron chi connectivity index (χ1n) is 6.34. The highest BCUT2D eigenvalue weighted by Gasteiger charge is 2.19. The third-order valence-corrected chi connectivity index (χ3v) is 5.17. The number of nitrogens with one attached hydrogen (secondary N) is 1. The van der Waals surface area contributed by atoms with Crippen molar-refractivity contribution >= 4 is 26.0 Å². The molecule has 108 valence electrons. The van der Waals surface area contributed by atoms with E-state index < -0.39 is 16.1 Å². The summed E-state index contributed by atoms with van der Waals surface area (Å²) < 4.78 is 27.3. The Kier molecular flexibility index (Phi) is 6.46. The fourth-order valence-electron chi connectivity index (χ4n) is 1.89. The zero-order valence-electron chi connectivity index (χ0n) is 11.1. The molecule has 0 bridgehead atoms. The Bertz CT molecular complexity index is 483. The molecule has 19 heavy (non-hydrogen) atoms. The van der Waals surface area contributed by atoms with Gasteiger partial charge in [-0.15, -0.1) is 0 Å². The molecule has 6 heteroatoms. The maximum Gasteiger partial charge on any atom is 0.240 e. The van der Waals surface area contributed by atoms with E-state index in [0.717, 1.165) is 17.3 Å². The Hall–Kier alpha value is -0.430. The maximum absolute atomic E-state index is 12.0. The van der Waals surface area contributed by atoms with Gasteiger partial charge in [-0.2, -0.15) is 0 Å². The van der Waals surface area contributed by atoms with E-state index in [1.54, 1.807) is 12.1 Å². The molecular weight excluding hydrogens is 330 g/mol. The van der Waals surface area contributed by atoms with Gasteiger partial charge in [0.15, 0.2) is 0 Å². The minimum atomic E-state index is -3.55. The van der Waals surface area contributed by atoms with Gasteiger partial charge < -0.3 is 5.11 Å². The Balaban J connectivity index is 2.68. The molecule has 0 amide bonds. The fourth-order valence-corrected chi connectivity index (χ4v) is 3.21. The van der Waals surface area contributed by atoms with Crippen LogP contribution in [0.25, 0.3) is 0 Å². The topological polar surface area (TPSA) is 66.4 Å². The van der Waals surface area contributed by atoms with Crippen LogP contribution in [0.3, 0.4) is 0 Å². The summed E-state index contributed by atoms with van der Waals surface area (Å²) >= 11 is 3.26. The smallest absolute Gasteiger partial charge is 0.240 e. The van der Waals surface area contributed by atoms with E-state index in [2.05, 4.69) is 20.7 Å². The van der Waals surface area contributed by atoms with Crippen LogP contribution in [-0.4, -0.2) is 26.2 Å². The third-order valence-electron chi connectivity index (χ3n) is 3.20. The van der Waals surface area contributed by atoms with Crippen molar-refractivity contribution < 1.29 is 13.5 Å². The average molecular weight is 350 g/mol. The summed E-state index contributed by atoms with van der Waals surface area (Å²) in [6.07, 6.45) is 1.01. The monoisotopic (exact) mass is 349 g/mol. The zero-order chi connectivity index (χ0) is 14.5. The van der Waals surface area contributed by atoms with E-state index in [-0.39, 0.29) is 17.4 Å². The van der Waals surface area contributed by atoms with Gasteiger partial charge in [0.25, 0.3) is 0 Å². The number of aliphatic hydroxyl groups excluding tert-OH is 1. The lowest BCUT2D eigenvalue weighted by Gasteiger charge is -2.20. The van der Waals surface area contributed by atoms with Crippen LogP contribution < -0.4 is 4.72 Å². The Morgan fingerprint density at radius 1 is 1.21 bits per heavy atom. The second kappa shape index (κ2) is 7.38. The van der Waals surface area contributed by atoms with Crippen molar-refractivity contribution in [2.24, 2.45) is 5.92 Å². The largest absolute Gasteiger partial charge is 0.391 e. The van der Waals surface area contributed by atoms with Crippen LogP contribution in [0.5, 0.6) is 0 Å². The molecule has 1 unspecified atom stereocenters. The predicted molar refractivity (Wildman–Crippen MR) is 79.4 cm³/mol. The van der Waals surface area contributed by atoms with Gasteiger partial charge >= 0.3 is 0 Å². The summed E-state index contributed by atoms with van der Waals surface area (Å²) in [6, 6.07) is 6.39. The van der Waals surface area contributed by atoms with Crippen LogP contribution in [0.15, 0.2) is 33.6 Å². The lowest BCUT2D eigenvalue weighted by Crippen LogP contribution is -2.36. The van der Waals surface area contributed by atoms with Crippen molar-refractivity contribution in [1.29, 1.82) is 0 Å². The highest BCUT2D eigenvalue weighted by Crippen LogP contribution is 2.16. The second-order valence-corrected chi connectivity index (χ2v) is 7.13. The normalized spacial score (nSPS) is 13.7. The summed E-state index contributed by atoms with van der Waals surface area (Å²) in [5.74, 6) is 0.118. The summed E-state index contributed by atoms with van der Waals surface area (Å²) in [5.41, 5.74) is 0. The zero-order valence-corrected chi connectivity index (χ0v) is 13.5. The molecule has 0 saturated carbocycles. The minimum Gasteiger partial charge on any atom is -0.391 e. The molecule has 4 nitrogen and oxygen atoms in total. The first-order valence-corrected chi connectivity index (χ1v) is 8.61. The van der Waals surface area contributed by atoms with Gasteiger partial charge in [-0.25, -0.2) is 13.1 Å². The van der Waals surface area contributed by atoms with Crippen LogP contribution in [0.4, 0.5) is 0 Å². The van der Waals surface area contributed by atoms with E-state index in [1.807, 2.05) is 13.8 Å². The number of aliphatic hydroxyl groups is 1. The second-order valence-electron chi connectivity index (χ2n) is 4.45. The molecule has 1 atom stereocenters. The molecule has 0 heterocycles. The highest BCUT2D eigenvalue weighted by molar-refractivity contribution is 9.10. The number of hydrogen-bond donors (Lipinski definition) is 2. The van der Waals surface area contributed by atoms with Crippen LogP contribution in [0.2, 0.25) is 0 Å². The lowest BCUT2D eigenvalue weighted by molar-refractivity contribution is 0.107. The maximum atomic E-state index is 12.0. The van der Waals surface area contributed by atoms with E-state index in [0.29, 0.717) is 0 Å². The van der Waals surface area contributed by atoms with E-state index in [9.17, 15) is 13.5 Å². The van der Waals surface area contributed by atoms with Crippen molar-refractivity contribution in [2.75, 3.05) is 6.54 Å². The number of halogens is 1. The Morgan fingerprint density at radius 3 is 2.21 bits per heavy atom. The first-order chi connectivity index (χ1) is 8.90. The quantitative estimate of drug-likeness (QED) is 0.794. The van der Waals surface area contributed by atoms with Crippen molar-refractivity contribution in [3.63, 3.8) is 0 Å². The lowest BCUT2D eigenvalue weighted by atomic mass is 9.97. The van der Waals surface area contributed by atoms with E-state index >= 15 is 0 Å². The van der Waals surface area contributed by atoms with Crippen molar-refractivity contribution in [3.05, 3.63) is 28.7 Å². The number of rotatable bonds is 7. The molecule has 2 N–H and O–H groups in total. The van der Waals surface area contributed by atoms with Crippen molar-refractivity contribution in [3.8, 4) is 0 Å². The van der Waals surface area contributed by atoms with Crippen molar-refractivity contribution in [2.45, 2.75) is 37.7 Å². The first kappa shape index (κ1) is 16.6. The third kappa shape index (κ3) is 4.87.